The van der Waals surface area contributed by atoms with Crippen LogP contribution in [0.1, 0.15) is 23.6 Å². The summed E-state index contributed by atoms with van der Waals surface area (Å²) in [6.07, 6.45) is 1.53. The minimum atomic E-state index is -0.712. The normalized spacial score (nSPS) is 19.4. The van der Waals surface area contributed by atoms with E-state index in [4.69, 9.17) is 13.9 Å². The van der Waals surface area contributed by atoms with E-state index in [9.17, 15) is 14.0 Å². The number of carbonyl (C=O) groups excluding carboxylic acids is 2. The molecule has 0 saturated carbocycles. The minimum absolute atomic E-state index is 0.0852. The molecular weight excluding hydrogens is 361 g/mol. The summed E-state index contributed by atoms with van der Waals surface area (Å²) < 4.78 is 29.2. The molecule has 6 nitrogen and oxygen atoms in total. The Hall–Kier alpha value is -2.48. The average Bonchev–Trinajstić information content (AvgIpc) is 3.28. The van der Waals surface area contributed by atoms with E-state index >= 15 is 0 Å². The summed E-state index contributed by atoms with van der Waals surface area (Å²) in [6.45, 7) is 1.32. The molecule has 1 amide bonds. The van der Waals surface area contributed by atoms with Crippen LogP contribution in [0.15, 0.2) is 41.0 Å². The third kappa shape index (κ3) is 3.70. The van der Waals surface area contributed by atoms with E-state index in [2.05, 4.69) is 0 Å². The lowest BCUT2D eigenvalue weighted by Crippen LogP contribution is -2.42. The maximum Gasteiger partial charge on any atom is 0.330 e. The molecule has 26 heavy (non-hydrogen) atoms. The Balaban J connectivity index is 1.67. The van der Waals surface area contributed by atoms with Crippen molar-refractivity contribution in [1.29, 1.82) is 0 Å². The number of methoxy groups -OCH3 is 1. The van der Waals surface area contributed by atoms with Crippen molar-refractivity contribution in [2.24, 2.45) is 0 Å². The zero-order valence-electron chi connectivity index (χ0n) is 14.3. The molecule has 2 atom stereocenters. The molecule has 1 aromatic carbocycles. The van der Waals surface area contributed by atoms with Gasteiger partial charge < -0.3 is 18.8 Å². The number of carbonyl (C=O) groups is 2. The lowest BCUT2D eigenvalue weighted by Gasteiger charge is -2.25. The van der Waals surface area contributed by atoms with Crippen LogP contribution in [0.2, 0.25) is 0 Å². The van der Waals surface area contributed by atoms with Gasteiger partial charge in [-0.25, -0.2) is 9.18 Å². The number of ether oxygens (including phenoxy) is 2. The summed E-state index contributed by atoms with van der Waals surface area (Å²) in [5, 5.41) is -0.363. The Kier molecular flexibility index (Phi) is 5.51. The Morgan fingerprint density at radius 3 is 2.81 bits per heavy atom. The molecule has 1 saturated heterocycles. The van der Waals surface area contributed by atoms with Crippen LogP contribution in [0.3, 0.4) is 0 Å². The molecule has 0 aliphatic carbocycles. The van der Waals surface area contributed by atoms with Crippen LogP contribution in [-0.2, 0) is 20.9 Å². The maximum absolute atomic E-state index is 13.7. The quantitative estimate of drug-likeness (QED) is 0.744. The summed E-state index contributed by atoms with van der Waals surface area (Å²) in [5.41, 5.74) is 0.499. The van der Waals surface area contributed by atoms with E-state index in [1.54, 1.807) is 18.2 Å². The number of benzene rings is 1. The highest BCUT2D eigenvalue weighted by Gasteiger charge is 2.43. The first-order chi connectivity index (χ1) is 12.5. The summed E-state index contributed by atoms with van der Waals surface area (Å²) in [5.74, 6) is -0.164. The number of furan rings is 1. The second-order valence-electron chi connectivity index (χ2n) is 5.72. The molecule has 138 valence electrons. The van der Waals surface area contributed by atoms with Crippen LogP contribution in [-0.4, -0.2) is 35.7 Å². The Bertz CT molecular complexity index is 795. The van der Waals surface area contributed by atoms with Crippen LogP contribution in [0.25, 0.3) is 0 Å². The van der Waals surface area contributed by atoms with Gasteiger partial charge in [0.1, 0.15) is 23.8 Å². The van der Waals surface area contributed by atoms with E-state index < -0.39 is 17.8 Å². The fraction of sp³-hybridized carbons (Fsp3) is 0.333. The monoisotopic (exact) mass is 379 g/mol. The molecule has 1 aliphatic heterocycles. The average molecular weight is 379 g/mol. The number of hydrogen-bond donors (Lipinski definition) is 0. The molecule has 8 heteroatoms. The van der Waals surface area contributed by atoms with Crippen molar-refractivity contribution in [3.05, 3.63) is 53.7 Å². The number of thioether (sulfide) groups is 1. The number of rotatable bonds is 5. The molecular formula is C18H18FNO5S. The summed E-state index contributed by atoms with van der Waals surface area (Å²) in [6, 6.07) is 7.13. The van der Waals surface area contributed by atoms with Gasteiger partial charge in [0, 0.05) is 12.7 Å². The van der Waals surface area contributed by atoms with Crippen LogP contribution >= 0.6 is 11.8 Å². The maximum atomic E-state index is 13.7. The van der Waals surface area contributed by atoms with Gasteiger partial charge in [0.2, 0.25) is 5.91 Å². The first-order valence-electron chi connectivity index (χ1n) is 7.94. The van der Waals surface area contributed by atoms with Crippen molar-refractivity contribution in [1.82, 2.24) is 4.90 Å². The van der Waals surface area contributed by atoms with E-state index in [0.717, 1.165) is 0 Å². The van der Waals surface area contributed by atoms with E-state index in [0.29, 0.717) is 17.1 Å². The fourth-order valence-corrected chi connectivity index (χ4v) is 4.19. The first-order valence-corrected chi connectivity index (χ1v) is 8.99. The topological polar surface area (TPSA) is 69.0 Å². The highest BCUT2D eigenvalue weighted by atomic mass is 32.2. The van der Waals surface area contributed by atoms with E-state index in [-0.39, 0.29) is 23.6 Å². The molecule has 0 unspecified atom stereocenters. The number of esters is 1. The Morgan fingerprint density at radius 1 is 1.38 bits per heavy atom. The van der Waals surface area contributed by atoms with Gasteiger partial charge in [-0.2, -0.15) is 0 Å². The van der Waals surface area contributed by atoms with Gasteiger partial charge in [-0.05, 0) is 29.8 Å². The van der Waals surface area contributed by atoms with Gasteiger partial charge in [-0.3, -0.25) is 4.79 Å². The number of halogens is 1. The van der Waals surface area contributed by atoms with Crippen molar-refractivity contribution in [2.45, 2.75) is 24.9 Å². The summed E-state index contributed by atoms with van der Waals surface area (Å²) in [7, 11) is 1.38. The van der Waals surface area contributed by atoms with Gasteiger partial charge >= 0.3 is 5.97 Å². The minimum Gasteiger partial charge on any atom is -0.494 e. The smallest absolute Gasteiger partial charge is 0.330 e. The molecule has 2 heterocycles. The van der Waals surface area contributed by atoms with Crippen LogP contribution < -0.4 is 4.74 Å². The van der Waals surface area contributed by atoms with Crippen molar-refractivity contribution in [3.8, 4) is 5.75 Å². The standard InChI is InChI=1S/C18H18FNO5S/c1-11(21)20-14(10-26-17(20)16-4-3-7-24-16)18(22)25-9-12-5-6-15(23-2)13(19)8-12/h3-8,14,17H,9-10H2,1-2H3/t14-,17-/m0/s1. The first kappa shape index (κ1) is 18.3. The highest BCUT2D eigenvalue weighted by molar-refractivity contribution is 7.99. The Morgan fingerprint density at radius 2 is 2.19 bits per heavy atom. The van der Waals surface area contributed by atoms with Gasteiger partial charge in [0.15, 0.2) is 11.6 Å². The predicted molar refractivity (Wildman–Crippen MR) is 93.0 cm³/mol. The summed E-state index contributed by atoms with van der Waals surface area (Å²) in [4.78, 5) is 26.0. The fourth-order valence-electron chi connectivity index (χ4n) is 2.77. The predicted octanol–water partition coefficient (Wildman–Crippen LogP) is 3.13. The van der Waals surface area contributed by atoms with Gasteiger partial charge in [-0.15, -0.1) is 11.8 Å². The molecule has 0 spiro atoms. The zero-order chi connectivity index (χ0) is 18.7. The third-order valence-corrected chi connectivity index (χ3v) is 5.30. The molecule has 2 aromatic rings. The van der Waals surface area contributed by atoms with Crippen molar-refractivity contribution in [2.75, 3.05) is 12.9 Å². The largest absolute Gasteiger partial charge is 0.494 e. The zero-order valence-corrected chi connectivity index (χ0v) is 15.1. The lowest BCUT2D eigenvalue weighted by molar-refractivity contribution is -0.154. The highest BCUT2D eigenvalue weighted by Crippen LogP contribution is 2.41. The second-order valence-corrected chi connectivity index (χ2v) is 6.83. The van der Waals surface area contributed by atoms with E-state index in [1.807, 2.05) is 0 Å². The summed E-state index contributed by atoms with van der Waals surface area (Å²) >= 11 is 1.44. The molecule has 1 fully saturated rings. The SMILES string of the molecule is COc1ccc(COC(=O)[C@@H]2CS[C@@H](c3ccco3)N2C(C)=O)cc1F. The molecule has 0 radical (unpaired) electrons. The van der Waals surface area contributed by atoms with Crippen molar-refractivity contribution >= 4 is 23.6 Å². The van der Waals surface area contributed by atoms with Crippen LogP contribution in [0, 0.1) is 5.82 Å². The molecule has 0 bridgehead atoms. The Labute approximate surface area is 154 Å². The molecule has 1 aliphatic rings. The number of nitrogens with zero attached hydrogens (tertiary/aromatic N) is 1. The van der Waals surface area contributed by atoms with Crippen LogP contribution in [0.4, 0.5) is 4.39 Å². The van der Waals surface area contributed by atoms with Gasteiger partial charge in [0.25, 0.3) is 0 Å². The van der Waals surface area contributed by atoms with Crippen molar-refractivity contribution in [3.63, 3.8) is 0 Å². The molecule has 0 N–H and O–H groups in total. The lowest BCUT2D eigenvalue weighted by atomic mass is 10.2. The third-order valence-electron chi connectivity index (χ3n) is 4.02. The molecule has 3 rings (SSSR count). The van der Waals surface area contributed by atoms with E-state index in [1.165, 1.54) is 49.1 Å². The van der Waals surface area contributed by atoms with Gasteiger partial charge in [-0.1, -0.05) is 6.07 Å². The van der Waals surface area contributed by atoms with Crippen LogP contribution in [0.5, 0.6) is 5.75 Å². The second kappa shape index (κ2) is 7.82. The number of hydrogen-bond acceptors (Lipinski definition) is 6. The molecule has 1 aromatic heterocycles. The number of amides is 1. The van der Waals surface area contributed by atoms with Gasteiger partial charge in [0.05, 0.1) is 13.4 Å². The van der Waals surface area contributed by atoms with Crippen molar-refractivity contribution < 1.29 is 27.9 Å².